The first kappa shape index (κ1) is 21.7. The van der Waals surface area contributed by atoms with E-state index in [1.54, 1.807) is 25.1 Å². The Kier molecular flexibility index (Phi) is 7.15. The lowest BCUT2D eigenvalue weighted by Gasteiger charge is -2.15. The van der Waals surface area contributed by atoms with Crippen LogP contribution < -0.4 is 20.1 Å². The van der Waals surface area contributed by atoms with Crippen molar-refractivity contribution in [2.24, 2.45) is 0 Å². The lowest BCUT2D eigenvalue weighted by molar-refractivity contribution is -0.115. The van der Waals surface area contributed by atoms with Gasteiger partial charge in [0, 0.05) is 12.5 Å². The molecule has 0 aliphatic rings. The van der Waals surface area contributed by atoms with E-state index in [0.717, 1.165) is 7.11 Å². The second-order valence-corrected chi connectivity index (χ2v) is 7.12. The molecular formula is C18H20N4O6S. The fourth-order valence-electron chi connectivity index (χ4n) is 2.11. The molecule has 2 aromatic rings. The number of guanidine groups is 1. The molecule has 0 spiro atoms. The minimum atomic E-state index is -4.08. The average Bonchev–Trinajstić information content (AvgIpc) is 2.70. The summed E-state index contributed by atoms with van der Waals surface area (Å²) in [6, 6.07) is 11.6. The first-order valence-electron chi connectivity index (χ1n) is 8.39. The van der Waals surface area contributed by atoms with Gasteiger partial charge in [-0.2, -0.15) is 8.42 Å². The third-order valence-electron chi connectivity index (χ3n) is 3.50. The van der Waals surface area contributed by atoms with E-state index in [1.807, 2.05) is 0 Å². The van der Waals surface area contributed by atoms with Crippen molar-refractivity contribution < 1.29 is 26.9 Å². The van der Waals surface area contributed by atoms with Gasteiger partial charge in [0.1, 0.15) is 10.6 Å². The number of carbonyl (C=O) groups is 2. The van der Waals surface area contributed by atoms with Gasteiger partial charge in [-0.3, -0.25) is 15.5 Å². The lowest BCUT2D eigenvalue weighted by Crippen LogP contribution is -2.35. The maximum absolute atomic E-state index is 12.4. The molecule has 154 valence electrons. The van der Waals surface area contributed by atoms with Crippen molar-refractivity contribution in [1.82, 2.24) is 5.32 Å². The molecule has 0 heterocycles. The molecule has 4 N–H and O–H groups in total. The van der Waals surface area contributed by atoms with Gasteiger partial charge in [0.25, 0.3) is 0 Å². The van der Waals surface area contributed by atoms with Crippen LogP contribution in [0.25, 0.3) is 0 Å². The Morgan fingerprint density at radius 3 is 2.34 bits per heavy atom. The Labute approximate surface area is 167 Å². The summed E-state index contributed by atoms with van der Waals surface area (Å²) in [5, 5.41) is 15.0. The Bertz CT molecular complexity index is 1010. The summed E-state index contributed by atoms with van der Waals surface area (Å²) in [6.45, 7) is 1.66. The summed E-state index contributed by atoms with van der Waals surface area (Å²) in [6.07, 6.45) is -0.668. The molecule has 2 amide bonds. The van der Waals surface area contributed by atoms with Crippen molar-refractivity contribution in [3.8, 4) is 5.75 Å². The molecule has 0 aliphatic carbocycles. The molecule has 2 rings (SSSR count). The topological polar surface area (TPSA) is 147 Å². The van der Waals surface area contributed by atoms with E-state index in [4.69, 9.17) is 9.59 Å². The zero-order valence-electron chi connectivity index (χ0n) is 15.7. The average molecular weight is 420 g/mol. The number of amides is 2. The van der Waals surface area contributed by atoms with Crippen LogP contribution in [0.3, 0.4) is 0 Å². The monoisotopic (exact) mass is 420 g/mol. The van der Waals surface area contributed by atoms with Crippen molar-refractivity contribution in [1.29, 1.82) is 5.41 Å². The molecular weight excluding hydrogens is 400 g/mol. The fraction of sp³-hybridized carbons (Fsp3) is 0.167. The maximum Gasteiger partial charge on any atom is 0.413 e. The third-order valence-corrected chi connectivity index (χ3v) is 4.76. The number of ether oxygens (including phenoxy) is 1. The number of carbonyl (C=O) groups excluding carboxylic acids is 2. The van der Waals surface area contributed by atoms with Crippen molar-refractivity contribution in [3.05, 3.63) is 48.5 Å². The normalized spacial score (nSPS) is 10.6. The number of hydrogen-bond donors (Lipinski definition) is 4. The van der Waals surface area contributed by atoms with Crippen LogP contribution in [0.2, 0.25) is 0 Å². The van der Waals surface area contributed by atoms with Gasteiger partial charge in [-0.15, -0.1) is 0 Å². The van der Waals surface area contributed by atoms with Gasteiger partial charge in [0.05, 0.1) is 18.5 Å². The van der Waals surface area contributed by atoms with E-state index in [9.17, 15) is 18.0 Å². The summed E-state index contributed by atoms with van der Waals surface area (Å²) in [4.78, 5) is 22.9. The van der Waals surface area contributed by atoms with Gasteiger partial charge in [0.2, 0.25) is 11.9 Å². The highest BCUT2D eigenvalue weighted by molar-refractivity contribution is 7.87. The Hall–Kier alpha value is -3.60. The van der Waals surface area contributed by atoms with Crippen molar-refractivity contribution in [2.45, 2.75) is 18.2 Å². The summed E-state index contributed by atoms with van der Waals surface area (Å²) in [7, 11) is -2.94. The first-order chi connectivity index (χ1) is 13.7. The quantitative estimate of drug-likeness (QED) is 0.319. The minimum Gasteiger partial charge on any atom is -0.453 e. The Morgan fingerprint density at radius 2 is 1.72 bits per heavy atom. The molecule has 2 aromatic carbocycles. The van der Waals surface area contributed by atoms with Crippen LogP contribution in [0.4, 0.5) is 16.2 Å². The molecule has 0 saturated heterocycles. The van der Waals surface area contributed by atoms with E-state index in [0.29, 0.717) is 0 Å². The van der Waals surface area contributed by atoms with Crippen LogP contribution in [-0.4, -0.2) is 33.5 Å². The van der Waals surface area contributed by atoms with Crippen molar-refractivity contribution in [3.63, 3.8) is 0 Å². The number of benzene rings is 2. The number of anilines is 2. The number of alkyl carbamates (subject to hydrolysis) is 1. The smallest absolute Gasteiger partial charge is 0.413 e. The molecule has 0 aromatic heterocycles. The van der Waals surface area contributed by atoms with Crippen molar-refractivity contribution >= 4 is 39.5 Å². The molecule has 10 nitrogen and oxygen atoms in total. The summed E-state index contributed by atoms with van der Waals surface area (Å²) < 4.78 is 34.3. The number of methoxy groups -OCH3 is 1. The van der Waals surface area contributed by atoms with Crippen LogP contribution in [-0.2, 0) is 19.6 Å². The van der Waals surface area contributed by atoms with Crippen LogP contribution in [0.5, 0.6) is 5.75 Å². The molecule has 0 aliphatic heterocycles. The second kappa shape index (κ2) is 9.55. The minimum absolute atomic E-state index is 0.0297. The molecule has 0 saturated carbocycles. The largest absolute Gasteiger partial charge is 0.453 e. The van der Waals surface area contributed by atoms with E-state index in [2.05, 4.69) is 20.7 Å². The predicted molar refractivity (Wildman–Crippen MR) is 107 cm³/mol. The summed E-state index contributed by atoms with van der Waals surface area (Å²) >= 11 is 0. The van der Waals surface area contributed by atoms with Crippen LogP contribution in [0.1, 0.15) is 13.3 Å². The SMILES string of the molecule is CCC(=O)Nc1ccc(OS(=O)(=O)c2ccccc2)cc1NC(=N)NC(=O)OC. The van der Waals surface area contributed by atoms with Gasteiger partial charge in [0.15, 0.2) is 0 Å². The number of nitrogens with one attached hydrogen (secondary N) is 4. The Balaban J connectivity index is 2.31. The molecule has 0 bridgehead atoms. The van der Waals surface area contributed by atoms with Crippen LogP contribution >= 0.6 is 0 Å². The predicted octanol–water partition coefficient (Wildman–Crippen LogP) is 2.51. The molecule has 29 heavy (non-hydrogen) atoms. The zero-order valence-corrected chi connectivity index (χ0v) is 16.5. The molecule has 0 unspecified atom stereocenters. The zero-order chi connectivity index (χ0) is 21.4. The number of rotatable bonds is 6. The van der Waals surface area contributed by atoms with E-state index in [1.165, 1.54) is 30.3 Å². The second-order valence-electron chi connectivity index (χ2n) is 5.58. The van der Waals surface area contributed by atoms with Gasteiger partial charge in [-0.25, -0.2) is 4.79 Å². The van der Waals surface area contributed by atoms with Crippen LogP contribution in [0.15, 0.2) is 53.4 Å². The molecule has 0 atom stereocenters. The standard InChI is InChI=1S/C18H20N4O6S/c1-3-16(23)20-14-10-9-12(11-15(14)21-17(19)22-18(24)27-2)28-29(25,26)13-7-5-4-6-8-13/h4-11H,3H2,1-2H3,(H,20,23)(H3,19,21,22,24). The van der Waals surface area contributed by atoms with E-state index in [-0.39, 0.29) is 34.3 Å². The summed E-state index contributed by atoms with van der Waals surface area (Å²) in [5.74, 6) is -0.810. The lowest BCUT2D eigenvalue weighted by atomic mass is 10.2. The summed E-state index contributed by atoms with van der Waals surface area (Å²) in [5.41, 5.74) is 0.395. The van der Waals surface area contributed by atoms with Crippen molar-refractivity contribution in [2.75, 3.05) is 17.7 Å². The number of hydrogen-bond acceptors (Lipinski definition) is 7. The first-order valence-corrected chi connectivity index (χ1v) is 9.80. The highest BCUT2D eigenvalue weighted by atomic mass is 32.2. The molecule has 0 fully saturated rings. The highest BCUT2D eigenvalue weighted by Gasteiger charge is 2.18. The van der Waals surface area contributed by atoms with Crippen LogP contribution in [0, 0.1) is 5.41 Å². The fourth-order valence-corrected chi connectivity index (χ4v) is 3.05. The highest BCUT2D eigenvalue weighted by Crippen LogP contribution is 2.29. The van der Waals surface area contributed by atoms with Gasteiger partial charge in [-0.05, 0) is 24.3 Å². The molecule has 0 radical (unpaired) electrons. The van der Waals surface area contributed by atoms with Gasteiger partial charge < -0.3 is 19.6 Å². The Morgan fingerprint density at radius 1 is 1.03 bits per heavy atom. The van der Waals surface area contributed by atoms with E-state index < -0.39 is 22.2 Å². The maximum atomic E-state index is 12.4. The van der Waals surface area contributed by atoms with Gasteiger partial charge in [-0.1, -0.05) is 25.1 Å². The third kappa shape index (κ3) is 6.21. The van der Waals surface area contributed by atoms with E-state index >= 15 is 0 Å². The van der Waals surface area contributed by atoms with Gasteiger partial charge >= 0.3 is 16.2 Å². The molecule has 11 heteroatoms.